The fraction of sp³-hybridized carbons (Fsp3) is 0.250. The van der Waals surface area contributed by atoms with Crippen LogP contribution in [-0.2, 0) is 11.2 Å². The molecular formula is C16H17FN2O3S. The Balaban J connectivity index is 1.82. The molecule has 0 unspecified atom stereocenters. The fourth-order valence-corrected chi connectivity index (χ4v) is 2.92. The number of nitrogens with one attached hydrogen (secondary N) is 2. The Morgan fingerprint density at radius 1 is 1.26 bits per heavy atom. The quantitative estimate of drug-likeness (QED) is 0.825. The lowest BCUT2D eigenvalue weighted by molar-refractivity contribution is -0.123. The van der Waals surface area contributed by atoms with Crippen LogP contribution in [0.1, 0.15) is 27.0 Å². The molecular weight excluding hydrogens is 319 g/mol. The number of para-hydroxylation sites is 1. The largest absolute Gasteiger partial charge is 0.481 e. The first-order valence-electron chi connectivity index (χ1n) is 7.07. The van der Waals surface area contributed by atoms with E-state index < -0.39 is 24.2 Å². The minimum absolute atomic E-state index is 0.0181. The highest BCUT2D eigenvalue weighted by Gasteiger charge is 2.13. The Morgan fingerprint density at radius 3 is 2.65 bits per heavy atom. The van der Waals surface area contributed by atoms with Gasteiger partial charge in [0, 0.05) is 4.88 Å². The Morgan fingerprint density at radius 2 is 2.00 bits per heavy atom. The van der Waals surface area contributed by atoms with E-state index in [0.717, 1.165) is 16.9 Å². The van der Waals surface area contributed by atoms with Crippen LogP contribution in [0.25, 0.3) is 0 Å². The van der Waals surface area contributed by atoms with E-state index >= 15 is 0 Å². The summed E-state index contributed by atoms with van der Waals surface area (Å²) in [5, 5.41) is 0. The Bertz CT molecular complexity index is 715. The second-order valence-corrected chi connectivity index (χ2v) is 6.02. The predicted molar refractivity (Wildman–Crippen MR) is 85.9 cm³/mol. The van der Waals surface area contributed by atoms with Crippen molar-refractivity contribution >= 4 is 23.2 Å². The van der Waals surface area contributed by atoms with Gasteiger partial charge in [-0.1, -0.05) is 19.1 Å². The molecule has 2 aromatic rings. The molecule has 5 nitrogen and oxygen atoms in total. The number of aryl methyl sites for hydroxylation is 2. The van der Waals surface area contributed by atoms with Gasteiger partial charge >= 0.3 is 0 Å². The van der Waals surface area contributed by atoms with Crippen LogP contribution in [0.15, 0.2) is 30.3 Å². The zero-order chi connectivity index (χ0) is 16.8. The minimum Gasteiger partial charge on any atom is -0.481 e. The summed E-state index contributed by atoms with van der Waals surface area (Å²) >= 11 is 1.37. The number of halogens is 1. The maximum absolute atomic E-state index is 13.3. The summed E-state index contributed by atoms with van der Waals surface area (Å²) in [6, 6.07) is 7.58. The van der Waals surface area contributed by atoms with Gasteiger partial charge in [0.05, 0.1) is 4.88 Å². The normalized spacial score (nSPS) is 10.2. The van der Waals surface area contributed by atoms with Crippen LogP contribution in [-0.4, -0.2) is 18.4 Å². The lowest BCUT2D eigenvalue weighted by Crippen LogP contribution is -2.43. The van der Waals surface area contributed by atoms with Crippen LogP contribution in [0.3, 0.4) is 0 Å². The van der Waals surface area contributed by atoms with Crippen molar-refractivity contribution in [3.8, 4) is 5.75 Å². The van der Waals surface area contributed by atoms with Crippen molar-refractivity contribution in [2.75, 3.05) is 6.61 Å². The molecule has 0 bridgehead atoms. The van der Waals surface area contributed by atoms with Gasteiger partial charge in [-0.15, -0.1) is 11.3 Å². The van der Waals surface area contributed by atoms with Crippen molar-refractivity contribution in [1.82, 2.24) is 10.9 Å². The third-order valence-corrected chi connectivity index (χ3v) is 4.23. The Kier molecular flexibility index (Phi) is 5.70. The van der Waals surface area contributed by atoms with Crippen LogP contribution in [0.2, 0.25) is 0 Å². The maximum Gasteiger partial charge on any atom is 0.279 e. The lowest BCUT2D eigenvalue weighted by atomic mass is 10.2. The van der Waals surface area contributed by atoms with Gasteiger partial charge in [-0.05, 0) is 37.1 Å². The number of hydrogen-bond donors (Lipinski definition) is 2. The summed E-state index contributed by atoms with van der Waals surface area (Å²) in [7, 11) is 0. The first-order valence-corrected chi connectivity index (χ1v) is 7.88. The summed E-state index contributed by atoms with van der Waals surface area (Å²) in [5.41, 5.74) is 5.66. The summed E-state index contributed by atoms with van der Waals surface area (Å²) < 4.78 is 18.4. The Labute approximate surface area is 137 Å². The van der Waals surface area contributed by atoms with E-state index in [-0.39, 0.29) is 5.75 Å². The first-order chi connectivity index (χ1) is 11.0. The van der Waals surface area contributed by atoms with Crippen LogP contribution >= 0.6 is 11.3 Å². The molecule has 0 radical (unpaired) electrons. The van der Waals surface area contributed by atoms with Crippen molar-refractivity contribution in [2.45, 2.75) is 20.3 Å². The maximum atomic E-state index is 13.3. The standard InChI is InChI=1S/C16H17FN2O3S/c1-3-11-8-14(23-10(11)2)16(21)19-18-15(20)9-22-13-7-5-4-6-12(13)17/h4-8H,3,9H2,1-2H3,(H,18,20)(H,19,21). The molecule has 0 atom stereocenters. The van der Waals surface area contributed by atoms with Crippen molar-refractivity contribution in [3.63, 3.8) is 0 Å². The molecule has 0 fully saturated rings. The SMILES string of the molecule is CCc1cc(C(=O)NNC(=O)COc2ccccc2F)sc1C. The monoisotopic (exact) mass is 336 g/mol. The number of benzene rings is 1. The van der Waals surface area contributed by atoms with Crippen LogP contribution in [0.4, 0.5) is 4.39 Å². The minimum atomic E-state index is -0.578. The molecule has 1 aromatic heterocycles. The van der Waals surface area contributed by atoms with Crippen molar-refractivity contribution < 1.29 is 18.7 Å². The first kappa shape index (κ1) is 17.0. The number of amides is 2. The van der Waals surface area contributed by atoms with E-state index in [1.807, 2.05) is 13.8 Å². The van der Waals surface area contributed by atoms with E-state index in [4.69, 9.17) is 4.74 Å². The molecule has 122 valence electrons. The number of thiophene rings is 1. The highest BCUT2D eigenvalue weighted by molar-refractivity contribution is 7.14. The van der Waals surface area contributed by atoms with E-state index in [0.29, 0.717) is 4.88 Å². The van der Waals surface area contributed by atoms with Crippen LogP contribution in [0.5, 0.6) is 5.75 Å². The van der Waals surface area contributed by atoms with Crippen molar-refractivity contribution in [2.24, 2.45) is 0 Å². The molecule has 2 amide bonds. The van der Waals surface area contributed by atoms with Gasteiger partial charge in [0.2, 0.25) is 0 Å². The number of carbonyl (C=O) groups is 2. The number of ether oxygens (including phenoxy) is 1. The van der Waals surface area contributed by atoms with E-state index in [1.165, 1.54) is 29.5 Å². The molecule has 0 saturated heterocycles. The fourth-order valence-electron chi connectivity index (χ4n) is 1.91. The van der Waals surface area contributed by atoms with E-state index in [1.54, 1.807) is 12.1 Å². The predicted octanol–water partition coefficient (Wildman–Crippen LogP) is 2.60. The number of carbonyl (C=O) groups excluding carboxylic acids is 2. The number of hydrazine groups is 1. The van der Waals surface area contributed by atoms with E-state index in [9.17, 15) is 14.0 Å². The van der Waals surface area contributed by atoms with Gasteiger partial charge in [0.1, 0.15) is 0 Å². The summed E-state index contributed by atoms with van der Waals surface area (Å²) in [6.45, 7) is 3.56. The zero-order valence-electron chi connectivity index (χ0n) is 12.8. The molecule has 1 heterocycles. The van der Waals surface area contributed by atoms with Crippen LogP contribution in [0, 0.1) is 12.7 Å². The molecule has 0 saturated carbocycles. The van der Waals surface area contributed by atoms with Crippen LogP contribution < -0.4 is 15.6 Å². The summed E-state index contributed by atoms with van der Waals surface area (Å²) in [5.74, 6) is -1.54. The number of rotatable bonds is 5. The molecule has 0 aliphatic rings. The highest BCUT2D eigenvalue weighted by atomic mass is 32.1. The third kappa shape index (κ3) is 4.53. The average Bonchev–Trinajstić information content (AvgIpc) is 2.93. The van der Waals surface area contributed by atoms with E-state index in [2.05, 4.69) is 10.9 Å². The molecule has 0 aliphatic heterocycles. The smallest absolute Gasteiger partial charge is 0.279 e. The molecule has 7 heteroatoms. The van der Waals surface area contributed by atoms with Gasteiger partial charge < -0.3 is 4.74 Å². The summed E-state index contributed by atoms with van der Waals surface area (Å²) in [6.07, 6.45) is 0.846. The second-order valence-electron chi connectivity index (χ2n) is 4.77. The molecule has 2 rings (SSSR count). The third-order valence-electron chi connectivity index (χ3n) is 3.14. The molecule has 1 aromatic carbocycles. The van der Waals surface area contributed by atoms with Gasteiger partial charge in [-0.3, -0.25) is 20.4 Å². The van der Waals surface area contributed by atoms with Gasteiger partial charge in [0.15, 0.2) is 18.2 Å². The second kappa shape index (κ2) is 7.73. The molecule has 0 aliphatic carbocycles. The molecule has 0 spiro atoms. The molecule has 2 N–H and O–H groups in total. The van der Waals surface area contributed by atoms with Gasteiger partial charge in [0.25, 0.3) is 11.8 Å². The van der Waals surface area contributed by atoms with Crippen molar-refractivity contribution in [3.05, 3.63) is 51.5 Å². The lowest BCUT2D eigenvalue weighted by Gasteiger charge is -2.08. The molecule has 23 heavy (non-hydrogen) atoms. The van der Waals surface area contributed by atoms with Crippen molar-refractivity contribution in [1.29, 1.82) is 0 Å². The average molecular weight is 336 g/mol. The topological polar surface area (TPSA) is 67.4 Å². The van der Waals surface area contributed by atoms with Gasteiger partial charge in [-0.2, -0.15) is 0 Å². The highest BCUT2D eigenvalue weighted by Crippen LogP contribution is 2.21. The number of hydrogen-bond acceptors (Lipinski definition) is 4. The Hall–Kier alpha value is -2.41. The zero-order valence-corrected chi connectivity index (χ0v) is 13.6. The van der Waals surface area contributed by atoms with Gasteiger partial charge in [-0.25, -0.2) is 4.39 Å². The summed E-state index contributed by atoms with van der Waals surface area (Å²) in [4.78, 5) is 25.2.